The van der Waals surface area contributed by atoms with Crippen molar-refractivity contribution in [1.82, 2.24) is 0 Å². The lowest BCUT2D eigenvalue weighted by molar-refractivity contribution is -0.144. The Kier molecular flexibility index (Phi) is 17.1. The molecule has 0 amide bonds. The molecule has 0 aromatic carbocycles. The first-order valence-corrected chi connectivity index (χ1v) is 8.80. The van der Waals surface area contributed by atoms with E-state index in [-0.39, 0.29) is 5.97 Å². The second-order valence-electron chi connectivity index (χ2n) is 5.47. The van der Waals surface area contributed by atoms with E-state index in [9.17, 15) is 4.79 Å². The topological polar surface area (TPSA) is 52.3 Å². The van der Waals surface area contributed by atoms with Crippen molar-refractivity contribution in [3.8, 4) is 0 Å². The summed E-state index contributed by atoms with van der Waals surface area (Å²) in [5.74, 6) is 4.41. The van der Waals surface area contributed by atoms with Crippen molar-refractivity contribution in [2.45, 2.75) is 71.1 Å². The predicted octanol–water partition coefficient (Wildman–Crippen LogP) is 5.55. The van der Waals surface area contributed by atoms with Crippen LogP contribution in [0.15, 0.2) is 48.6 Å². The van der Waals surface area contributed by atoms with Crippen LogP contribution in [-0.2, 0) is 9.63 Å². The van der Waals surface area contributed by atoms with Crippen molar-refractivity contribution in [1.29, 1.82) is 0 Å². The molecule has 0 heterocycles. The fourth-order valence-electron chi connectivity index (χ4n) is 1.98. The van der Waals surface area contributed by atoms with E-state index < -0.39 is 0 Å². The van der Waals surface area contributed by atoms with Gasteiger partial charge in [0.15, 0.2) is 0 Å². The van der Waals surface area contributed by atoms with Gasteiger partial charge in [-0.05, 0) is 44.9 Å². The molecule has 0 bridgehead atoms. The largest absolute Gasteiger partial charge is 0.373 e. The van der Waals surface area contributed by atoms with E-state index in [2.05, 4.69) is 60.4 Å². The maximum Gasteiger partial charge on any atom is 0.324 e. The lowest BCUT2D eigenvalue weighted by atomic mass is 10.2. The van der Waals surface area contributed by atoms with Crippen LogP contribution in [-0.4, -0.2) is 5.97 Å². The Balaban J connectivity index is 3.42. The number of nitrogens with two attached hydrogens (primary N) is 1. The molecule has 0 spiro atoms. The van der Waals surface area contributed by atoms with Crippen LogP contribution < -0.4 is 5.90 Å². The second kappa shape index (κ2) is 18.4. The smallest absolute Gasteiger partial charge is 0.324 e. The Hall–Kier alpha value is -1.61. The van der Waals surface area contributed by atoms with Crippen LogP contribution in [0.1, 0.15) is 71.1 Å². The van der Waals surface area contributed by atoms with Crippen LogP contribution in [0, 0.1) is 0 Å². The molecule has 0 aliphatic rings. The van der Waals surface area contributed by atoms with E-state index in [1.165, 1.54) is 25.7 Å². The molecule has 0 radical (unpaired) electrons. The average Bonchev–Trinajstić information content (AvgIpc) is 2.57. The summed E-state index contributed by atoms with van der Waals surface area (Å²) in [6.45, 7) is 2.23. The van der Waals surface area contributed by atoms with Crippen molar-refractivity contribution in [3.63, 3.8) is 0 Å². The van der Waals surface area contributed by atoms with Crippen molar-refractivity contribution in [2.24, 2.45) is 5.90 Å². The molecule has 0 aliphatic carbocycles. The Bertz CT molecular complexity index is 381. The van der Waals surface area contributed by atoms with Gasteiger partial charge in [0.1, 0.15) is 0 Å². The monoisotopic (exact) mass is 319 g/mol. The summed E-state index contributed by atoms with van der Waals surface area (Å²) in [6, 6.07) is 0. The normalized spacial score (nSPS) is 12.3. The first-order chi connectivity index (χ1) is 11.3. The predicted molar refractivity (Wildman–Crippen MR) is 98.7 cm³/mol. The van der Waals surface area contributed by atoms with Crippen molar-refractivity contribution in [2.75, 3.05) is 0 Å². The van der Waals surface area contributed by atoms with Crippen LogP contribution in [0.25, 0.3) is 0 Å². The van der Waals surface area contributed by atoms with E-state index in [1.807, 2.05) is 0 Å². The first-order valence-electron chi connectivity index (χ1n) is 8.80. The van der Waals surface area contributed by atoms with Gasteiger partial charge in [-0.25, -0.2) is 0 Å². The second-order valence-corrected chi connectivity index (χ2v) is 5.47. The van der Waals surface area contributed by atoms with Gasteiger partial charge in [-0.2, -0.15) is 5.90 Å². The molecule has 3 heteroatoms. The van der Waals surface area contributed by atoms with Gasteiger partial charge in [0.25, 0.3) is 0 Å². The highest BCUT2D eigenvalue weighted by molar-refractivity contribution is 5.68. The fraction of sp³-hybridized carbons (Fsp3) is 0.550. The van der Waals surface area contributed by atoms with Crippen LogP contribution in [0.2, 0.25) is 0 Å². The number of carbonyl (C=O) groups excluding carboxylic acids is 1. The zero-order valence-corrected chi connectivity index (χ0v) is 14.6. The maximum absolute atomic E-state index is 10.8. The molecule has 0 atom stereocenters. The van der Waals surface area contributed by atoms with Gasteiger partial charge < -0.3 is 4.84 Å². The molecule has 3 nitrogen and oxygen atoms in total. The molecule has 0 saturated carbocycles. The zero-order valence-electron chi connectivity index (χ0n) is 14.6. The molecular formula is C20H33NO2. The summed E-state index contributed by atoms with van der Waals surface area (Å²) in [5, 5.41) is 0. The molecule has 2 N–H and O–H groups in total. The highest BCUT2D eigenvalue weighted by atomic mass is 16.7. The Labute approximate surface area is 141 Å². The summed E-state index contributed by atoms with van der Waals surface area (Å²) < 4.78 is 0. The zero-order chi connectivity index (χ0) is 17.0. The van der Waals surface area contributed by atoms with Crippen LogP contribution in [0.3, 0.4) is 0 Å². The number of hydrogen-bond acceptors (Lipinski definition) is 3. The molecule has 0 aliphatic heterocycles. The fourth-order valence-corrected chi connectivity index (χ4v) is 1.98. The first kappa shape index (κ1) is 21.4. The molecule has 0 saturated heterocycles. The van der Waals surface area contributed by atoms with Gasteiger partial charge >= 0.3 is 5.97 Å². The summed E-state index contributed by atoms with van der Waals surface area (Å²) in [5.41, 5.74) is 0. The lowest BCUT2D eigenvalue weighted by Gasteiger charge is -1.94. The van der Waals surface area contributed by atoms with E-state index in [0.717, 1.165) is 32.1 Å². The highest BCUT2D eigenvalue weighted by Crippen LogP contribution is 2.01. The third kappa shape index (κ3) is 18.3. The number of unbranched alkanes of at least 4 members (excludes halogenated alkanes) is 4. The van der Waals surface area contributed by atoms with Crippen molar-refractivity contribution < 1.29 is 9.63 Å². The molecule has 0 unspecified atom stereocenters. The average molecular weight is 319 g/mol. The van der Waals surface area contributed by atoms with Gasteiger partial charge in [0.2, 0.25) is 0 Å². The SMILES string of the molecule is CCCCC/C=C\C/C=C\C/C=C\C/C=C\CCCC(=O)ON. The lowest BCUT2D eigenvalue weighted by Crippen LogP contribution is -2.08. The Morgan fingerprint density at radius 1 is 0.783 bits per heavy atom. The Morgan fingerprint density at radius 3 is 1.74 bits per heavy atom. The standard InChI is InChI=1S/C20H33NO2/c1-2-3-4-5-6-7-8-9-10-11-12-13-14-15-16-17-18-19-20(22)23-21/h6-7,9-10,12-13,15-16H,2-5,8,11,14,17-19,21H2,1H3/b7-6-,10-9-,13-12-,16-15-. The molecule has 0 aromatic heterocycles. The van der Waals surface area contributed by atoms with Gasteiger partial charge in [0, 0.05) is 6.42 Å². The summed E-state index contributed by atoms with van der Waals surface area (Å²) in [7, 11) is 0. The third-order valence-corrected chi connectivity index (χ3v) is 3.34. The van der Waals surface area contributed by atoms with E-state index in [1.54, 1.807) is 0 Å². The van der Waals surface area contributed by atoms with Gasteiger partial charge in [-0.15, -0.1) is 0 Å². The van der Waals surface area contributed by atoms with E-state index in [4.69, 9.17) is 5.90 Å². The number of carbonyl (C=O) groups is 1. The van der Waals surface area contributed by atoms with Crippen molar-refractivity contribution >= 4 is 5.97 Å². The van der Waals surface area contributed by atoms with Gasteiger partial charge in [-0.3, -0.25) is 4.79 Å². The minimum Gasteiger partial charge on any atom is -0.373 e. The quantitative estimate of drug-likeness (QED) is 0.259. The number of hydrogen-bond donors (Lipinski definition) is 1. The van der Waals surface area contributed by atoms with Crippen LogP contribution >= 0.6 is 0 Å². The number of allylic oxidation sites excluding steroid dienone is 8. The molecule has 23 heavy (non-hydrogen) atoms. The van der Waals surface area contributed by atoms with Crippen LogP contribution in [0.4, 0.5) is 0 Å². The van der Waals surface area contributed by atoms with Crippen LogP contribution in [0.5, 0.6) is 0 Å². The minimum atomic E-state index is -0.346. The molecule has 0 aromatic rings. The minimum absolute atomic E-state index is 0.346. The Morgan fingerprint density at radius 2 is 1.26 bits per heavy atom. The molecular weight excluding hydrogens is 286 g/mol. The summed E-state index contributed by atoms with van der Waals surface area (Å²) >= 11 is 0. The van der Waals surface area contributed by atoms with Crippen molar-refractivity contribution in [3.05, 3.63) is 48.6 Å². The van der Waals surface area contributed by atoms with E-state index in [0.29, 0.717) is 6.42 Å². The molecule has 0 rings (SSSR count). The highest BCUT2D eigenvalue weighted by Gasteiger charge is 1.97. The third-order valence-electron chi connectivity index (χ3n) is 3.34. The molecule has 0 fully saturated rings. The molecule has 130 valence electrons. The summed E-state index contributed by atoms with van der Waals surface area (Å²) in [4.78, 5) is 14.9. The van der Waals surface area contributed by atoms with Gasteiger partial charge in [-0.1, -0.05) is 68.4 Å². The summed E-state index contributed by atoms with van der Waals surface area (Å²) in [6.07, 6.45) is 27.6. The number of rotatable bonds is 14. The maximum atomic E-state index is 10.8. The van der Waals surface area contributed by atoms with E-state index >= 15 is 0 Å². The van der Waals surface area contributed by atoms with Gasteiger partial charge in [0.05, 0.1) is 0 Å².